The monoisotopic (exact) mass is 399 g/mol. The standard InChI is InChI=1S/C21H41N3O4/c1-15(2)8-7-11-28-19-12-17(13-22-20(19)27-3)23-21(26)24-18(14-25)16-9-5-4-6-10-16/h15-20,22,25H,4-14H2,1-3H3,(H2,23,24,26)/t17?,18-,19?,20?/m0/s1. The first kappa shape index (κ1) is 23.4. The van der Waals surface area contributed by atoms with Gasteiger partial charge in [-0.2, -0.15) is 0 Å². The number of rotatable bonds is 10. The summed E-state index contributed by atoms with van der Waals surface area (Å²) in [6.07, 6.45) is 8.46. The Kier molecular flexibility index (Phi) is 10.5. The number of methoxy groups -OCH3 is 1. The number of hydrogen-bond donors (Lipinski definition) is 4. The molecule has 1 heterocycles. The van der Waals surface area contributed by atoms with E-state index in [9.17, 15) is 9.90 Å². The zero-order chi connectivity index (χ0) is 20.4. The van der Waals surface area contributed by atoms with Crippen LogP contribution >= 0.6 is 0 Å². The SMILES string of the molecule is COC1NCC(NC(=O)N[C@@H](CO)C2CCCCC2)CC1OCCCC(C)C. The van der Waals surface area contributed by atoms with Crippen molar-refractivity contribution < 1.29 is 19.4 Å². The van der Waals surface area contributed by atoms with Gasteiger partial charge < -0.3 is 25.2 Å². The molecule has 1 aliphatic heterocycles. The van der Waals surface area contributed by atoms with E-state index in [0.717, 1.165) is 25.7 Å². The molecule has 4 atom stereocenters. The molecule has 4 N–H and O–H groups in total. The quantitative estimate of drug-likeness (QED) is 0.423. The van der Waals surface area contributed by atoms with Gasteiger partial charge in [0.15, 0.2) is 0 Å². The largest absolute Gasteiger partial charge is 0.394 e. The van der Waals surface area contributed by atoms with Crippen LogP contribution in [0.15, 0.2) is 0 Å². The lowest BCUT2D eigenvalue weighted by atomic mass is 9.84. The van der Waals surface area contributed by atoms with Crippen molar-refractivity contribution in [2.24, 2.45) is 11.8 Å². The summed E-state index contributed by atoms with van der Waals surface area (Å²) in [6.45, 7) is 5.77. The van der Waals surface area contributed by atoms with E-state index in [4.69, 9.17) is 9.47 Å². The molecule has 0 aromatic heterocycles. The van der Waals surface area contributed by atoms with Gasteiger partial charge in [-0.3, -0.25) is 5.32 Å². The number of aliphatic hydroxyl groups excluding tert-OH is 1. The second-order valence-corrected chi connectivity index (χ2v) is 8.75. The molecule has 1 aliphatic carbocycles. The lowest BCUT2D eigenvalue weighted by Gasteiger charge is -2.37. The fourth-order valence-corrected chi connectivity index (χ4v) is 4.35. The molecule has 0 spiro atoms. The molecule has 0 bridgehead atoms. The lowest BCUT2D eigenvalue weighted by Crippen LogP contribution is -2.59. The van der Waals surface area contributed by atoms with E-state index < -0.39 is 0 Å². The van der Waals surface area contributed by atoms with Crippen molar-refractivity contribution in [2.45, 2.75) is 89.6 Å². The molecule has 2 fully saturated rings. The highest BCUT2D eigenvalue weighted by Crippen LogP contribution is 2.26. The molecule has 28 heavy (non-hydrogen) atoms. The van der Waals surface area contributed by atoms with Crippen LogP contribution in [0.4, 0.5) is 4.79 Å². The molecule has 3 unspecified atom stereocenters. The van der Waals surface area contributed by atoms with Gasteiger partial charge in [-0.15, -0.1) is 0 Å². The molecule has 164 valence electrons. The third kappa shape index (κ3) is 7.85. The molecule has 0 radical (unpaired) electrons. The predicted molar refractivity (Wildman–Crippen MR) is 110 cm³/mol. The second-order valence-electron chi connectivity index (χ2n) is 8.75. The number of carbonyl (C=O) groups is 1. The van der Waals surface area contributed by atoms with Crippen molar-refractivity contribution >= 4 is 6.03 Å². The van der Waals surface area contributed by atoms with Crippen molar-refractivity contribution in [1.82, 2.24) is 16.0 Å². The highest BCUT2D eigenvalue weighted by atomic mass is 16.5. The van der Waals surface area contributed by atoms with Crippen molar-refractivity contribution in [2.75, 3.05) is 26.9 Å². The highest BCUT2D eigenvalue weighted by Gasteiger charge is 2.32. The number of aliphatic hydroxyl groups is 1. The number of urea groups is 1. The molecular weight excluding hydrogens is 358 g/mol. The first-order valence-corrected chi connectivity index (χ1v) is 11.1. The summed E-state index contributed by atoms with van der Waals surface area (Å²) in [4.78, 5) is 12.5. The van der Waals surface area contributed by atoms with Crippen LogP contribution in [0, 0.1) is 11.8 Å². The number of amides is 2. The summed E-state index contributed by atoms with van der Waals surface area (Å²) in [5, 5.41) is 19.1. The molecular formula is C21H41N3O4. The summed E-state index contributed by atoms with van der Waals surface area (Å²) in [6, 6.07) is -0.385. The van der Waals surface area contributed by atoms with Crippen LogP contribution in [-0.4, -0.2) is 62.4 Å². The van der Waals surface area contributed by atoms with E-state index >= 15 is 0 Å². The van der Waals surface area contributed by atoms with Crippen LogP contribution in [0.1, 0.15) is 65.2 Å². The molecule has 0 aromatic carbocycles. The Morgan fingerprint density at radius 1 is 1.25 bits per heavy atom. The Labute approximate surface area is 170 Å². The zero-order valence-corrected chi connectivity index (χ0v) is 17.9. The minimum atomic E-state index is -0.203. The van der Waals surface area contributed by atoms with Crippen LogP contribution < -0.4 is 16.0 Å². The summed E-state index contributed by atoms with van der Waals surface area (Å²) in [5.41, 5.74) is 0. The van der Waals surface area contributed by atoms with Crippen molar-refractivity contribution in [3.05, 3.63) is 0 Å². The summed E-state index contributed by atoms with van der Waals surface area (Å²) >= 11 is 0. The number of carbonyl (C=O) groups excluding carboxylic acids is 1. The molecule has 2 rings (SSSR count). The third-order valence-corrected chi connectivity index (χ3v) is 6.00. The summed E-state index contributed by atoms with van der Waals surface area (Å²) in [7, 11) is 1.68. The normalized spacial score (nSPS) is 27.5. The van der Waals surface area contributed by atoms with Crippen LogP contribution in [0.2, 0.25) is 0 Å². The minimum absolute atomic E-state index is 0.00562. The molecule has 7 nitrogen and oxygen atoms in total. The predicted octanol–water partition coefficient (Wildman–Crippen LogP) is 2.38. The Hall–Kier alpha value is -0.890. The van der Waals surface area contributed by atoms with Gasteiger partial charge >= 0.3 is 6.03 Å². The smallest absolute Gasteiger partial charge is 0.315 e. The molecule has 2 aliphatic rings. The van der Waals surface area contributed by atoms with Crippen LogP contribution in [0.25, 0.3) is 0 Å². The zero-order valence-electron chi connectivity index (χ0n) is 17.9. The van der Waals surface area contributed by atoms with E-state index in [1.807, 2.05) is 0 Å². The number of hydrogen-bond acceptors (Lipinski definition) is 5. The number of ether oxygens (including phenoxy) is 2. The Morgan fingerprint density at radius 3 is 2.64 bits per heavy atom. The first-order chi connectivity index (χ1) is 13.5. The Bertz CT molecular complexity index is 443. The molecule has 7 heteroatoms. The van der Waals surface area contributed by atoms with Crippen LogP contribution in [0.5, 0.6) is 0 Å². The van der Waals surface area contributed by atoms with E-state index in [2.05, 4.69) is 29.8 Å². The molecule has 2 amide bonds. The van der Waals surface area contributed by atoms with Gasteiger partial charge in [-0.1, -0.05) is 33.1 Å². The summed E-state index contributed by atoms with van der Waals surface area (Å²) < 4.78 is 11.5. The topological polar surface area (TPSA) is 91.9 Å². The van der Waals surface area contributed by atoms with Gasteiger partial charge in [0, 0.05) is 26.3 Å². The maximum atomic E-state index is 12.5. The van der Waals surface area contributed by atoms with Gasteiger partial charge in [0.1, 0.15) is 6.23 Å². The maximum Gasteiger partial charge on any atom is 0.315 e. The molecule has 0 aromatic rings. The average Bonchev–Trinajstić information content (AvgIpc) is 2.70. The van der Waals surface area contributed by atoms with Crippen molar-refractivity contribution in [1.29, 1.82) is 0 Å². The van der Waals surface area contributed by atoms with E-state index in [1.165, 1.54) is 19.3 Å². The Morgan fingerprint density at radius 2 is 2.00 bits per heavy atom. The van der Waals surface area contributed by atoms with Crippen molar-refractivity contribution in [3.63, 3.8) is 0 Å². The first-order valence-electron chi connectivity index (χ1n) is 11.1. The summed E-state index contributed by atoms with van der Waals surface area (Å²) in [5.74, 6) is 1.05. The van der Waals surface area contributed by atoms with Crippen molar-refractivity contribution in [3.8, 4) is 0 Å². The van der Waals surface area contributed by atoms with E-state index in [1.54, 1.807) is 7.11 Å². The highest BCUT2D eigenvalue weighted by molar-refractivity contribution is 5.74. The fraction of sp³-hybridized carbons (Fsp3) is 0.952. The fourth-order valence-electron chi connectivity index (χ4n) is 4.35. The van der Waals surface area contributed by atoms with Gasteiger partial charge in [0.25, 0.3) is 0 Å². The van der Waals surface area contributed by atoms with Crippen LogP contribution in [0.3, 0.4) is 0 Å². The van der Waals surface area contributed by atoms with Gasteiger partial charge in [-0.05, 0) is 43.9 Å². The Balaban J connectivity index is 1.77. The van der Waals surface area contributed by atoms with Gasteiger partial charge in [0.05, 0.1) is 18.8 Å². The molecule has 1 saturated carbocycles. The second kappa shape index (κ2) is 12.6. The molecule has 1 saturated heterocycles. The average molecular weight is 400 g/mol. The maximum absolute atomic E-state index is 12.5. The van der Waals surface area contributed by atoms with E-state index in [-0.39, 0.29) is 37.1 Å². The van der Waals surface area contributed by atoms with E-state index in [0.29, 0.717) is 31.4 Å². The number of nitrogens with one attached hydrogen (secondary N) is 3. The third-order valence-electron chi connectivity index (χ3n) is 6.00. The van der Waals surface area contributed by atoms with Crippen LogP contribution in [-0.2, 0) is 9.47 Å². The van der Waals surface area contributed by atoms with Gasteiger partial charge in [0.2, 0.25) is 0 Å². The number of piperidine rings is 1. The van der Waals surface area contributed by atoms with Gasteiger partial charge in [-0.25, -0.2) is 4.79 Å². The lowest BCUT2D eigenvalue weighted by molar-refractivity contribution is -0.0928. The minimum Gasteiger partial charge on any atom is -0.394 e.